The van der Waals surface area contributed by atoms with E-state index in [-0.39, 0.29) is 12.5 Å². The molecule has 0 atom stereocenters. The highest BCUT2D eigenvalue weighted by atomic mass is 16.5. The van der Waals surface area contributed by atoms with Gasteiger partial charge in [-0.1, -0.05) is 6.07 Å². The number of hydrogen-bond donors (Lipinski definition) is 1. The number of pyridine rings is 1. The third-order valence-electron chi connectivity index (χ3n) is 3.43. The van der Waals surface area contributed by atoms with E-state index in [1.165, 1.54) is 0 Å². The first kappa shape index (κ1) is 17.3. The lowest BCUT2D eigenvalue weighted by Crippen LogP contribution is -2.20. The van der Waals surface area contributed by atoms with Gasteiger partial charge in [-0.25, -0.2) is 4.98 Å². The number of carbonyl (C=O) groups excluding carboxylic acids is 1. The first-order chi connectivity index (χ1) is 12.7. The van der Waals surface area contributed by atoms with Gasteiger partial charge >= 0.3 is 0 Å². The molecule has 0 bridgehead atoms. The van der Waals surface area contributed by atoms with E-state index in [1.54, 1.807) is 67.9 Å². The molecule has 0 aliphatic carbocycles. The summed E-state index contributed by atoms with van der Waals surface area (Å²) in [4.78, 5) is 16.0. The minimum atomic E-state index is -0.246. The van der Waals surface area contributed by atoms with Crippen LogP contribution in [0.15, 0.2) is 72.9 Å². The van der Waals surface area contributed by atoms with Crippen LogP contribution in [0.2, 0.25) is 0 Å². The van der Waals surface area contributed by atoms with Crippen molar-refractivity contribution in [2.45, 2.75) is 0 Å². The second-order valence-corrected chi connectivity index (χ2v) is 5.31. The number of benzene rings is 2. The van der Waals surface area contributed by atoms with E-state index in [1.807, 2.05) is 12.1 Å². The predicted molar refractivity (Wildman–Crippen MR) is 97.9 cm³/mol. The van der Waals surface area contributed by atoms with E-state index in [2.05, 4.69) is 10.3 Å². The summed E-state index contributed by atoms with van der Waals surface area (Å²) >= 11 is 0. The zero-order chi connectivity index (χ0) is 18.2. The minimum absolute atomic E-state index is 0.0908. The second-order valence-electron chi connectivity index (χ2n) is 5.31. The van der Waals surface area contributed by atoms with Crippen molar-refractivity contribution >= 4 is 11.6 Å². The Kier molecular flexibility index (Phi) is 5.67. The Bertz CT molecular complexity index is 834. The maximum Gasteiger partial charge on any atom is 0.262 e. The fourth-order valence-electron chi connectivity index (χ4n) is 2.15. The molecule has 1 amide bonds. The molecular weight excluding hydrogens is 332 g/mol. The number of methoxy groups -OCH3 is 1. The molecule has 1 N–H and O–H groups in total. The zero-order valence-electron chi connectivity index (χ0n) is 14.2. The lowest BCUT2D eigenvalue weighted by Gasteiger charge is -2.09. The molecule has 0 unspecified atom stereocenters. The Morgan fingerprint density at radius 2 is 1.62 bits per heavy atom. The van der Waals surface area contributed by atoms with Gasteiger partial charge in [0.05, 0.1) is 7.11 Å². The largest absolute Gasteiger partial charge is 0.497 e. The highest BCUT2D eigenvalue weighted by Crippen LogP contribution is 2.22. The summed E-state index contributed by atoms with van der Waals surface area (Å²) in [7, 11) is 1.59. The summed E-state index contributed by atoms with van der Waals surface area (Å²) in [5.41, 5.74) is 0.679. The van der Waals surface area contributed by atoms with Crippen molar-refractivity contribution in [3.05, 3.63) is 72.9 Å². The molecule has 26 heavy (non-hydrogen) atoms. The SMILES string of the molecule is COc1ccc(NC(=O)COc2ccc(Oc3ccccn3)cc2)cc1. The van der Waals surface area contributed by atoms with Crippen LogP contribution < -0.4 is 19.5 Å². The van der Waals surface area contributed by atoms with Gasteiger partial charge in [-0.05, 0) is 54.6 Å². The molecule has 0 fully saturated rings. The number of anilines is 1. The number of carbonyl (C=O) groups is 1. The van der Waals surface area contributed by atoms with Gasteiger partial charge in [0.1, 0.15) is 17.2 Å². The standard InChI is InChI=1S/C20H18N2O4/c1-24-16-7-5-15(6-8-16)22-19(23)14-25-17-9-11-18(12-10-17)26-20-4-2-3-13-21-20/h2-13H,14H2,1H3,(H,22,23). The minimum Gasteiger partial charge on any atom is -0.497 e. The molecule has 3 rings (SSSR count). The van der Waals surface area contributed by atoms with E-state index in [4.69, 9.17) is 14.2 Å². The van der Waals surface area contributed by atoms with E-state index < -0.39 is 0 Å². The first-order valence-electron chi connectivity index (χ1n) is 7.98. The molecule has 0 saturated carbocycles. The number of nitrogens with zero attached hydrogens (tertiary/aromatic N) is 1. The van der Waals surface area contributed by atoms with Gasteiger partial charge in [-0.15, -0.1) is 0 Å². The Balaban J connectivity index is 1.48. The fraction of sp³-hybridized carbons (Fsp3) is 0.100. The molecule has 2 aromatic carbocycles. The summed E-state index contributed by atoms with van der Waals surface area (Å²) in [6.07, 6.45) is 1.66. The molecule has 1 aromatic heterocycles. The van der Waals surface area contributed by atoms with Crippen LogP contribution >= 0.6 is 0 Å². The third-order valence-corrected chi connectivity index (χ3v) is 3.43. The van der Waals surface area contributed by atoms with Crippen molar-refractivity contribution in [3.8, 4) is 23.1 Å². The Morgan fingerprint density at radius 1 is 0.923 bits per heavy atom. The van der Waals surface area contributed by atoms with Gasteiger partial charge in [0, 0.05) is 18.0 Å². The van der Waals surface area contributed by atoms with Crippen molar-refractivity contribution in [2.75, 3.05) is 19.0 Å². The third kappa shape index (κ3) is 4.98. The van der Waals surface area contributed by atoms with Crippen LogP contribution in [0.3, 0.4) is 0 Å². The maximum atomic E-state index is 11.9. The van der Waals surface area contributed by atoms with Crippen molar-refractivity contribution in [3.63, 3.8) is 0 Å². The Labute approximate surface area is 151 Å². The average Bonchev–Trinajstić information content (AvgIpc) is 2.69. The Morgan fingerprint density at radius 3 is 2.27 bits per heavy atom. The summed E-state index contributed by atoms with van der Waals surface area (Å²) in [6, 6.07) is 19.5. The van der Waals surface area contributed by atoms with Crippen LogP contribution in [0.5, 0.6) is 23.1 Å². The lowest BCUT2D eigenvalue weighted by atomic mass is 10.3. The van der Waals surface area contributed by atoms with Gasteiger partial charge < -0.3 is 19.5 Å². The van der Waals surface area contributed by atoms with Gasteiger partial charge in [0.25, 0.3) is 5.91 Å². The predicted octanol–water partition coefficient (Wildman–Crippen LogP) is 3.90. The van der Waals surface area contributed by atoms with E-state index in [9.17, 15) is 4.79 Å². The molecule has 3 aromatic rings. The maximum absolute atomic E-state index is 11.9. The monoisotopic (exact) mass is 350 g/mol. The average molecular weight is 350 g/mol. The summed E-state index contributed by atoms with van der Waals surface area (Å²) in [6.45, 7) is -0.0908. The second kappa shape index (κ2) is 8.53. The molecule has 1 heterocycles. The molecule has 132 valence electrons. The van der Waals surface area contributed by atoms with E-state index >= 15 is 0 Å². The fourth-order valence-corrected chi connectivity index (χ4v) is 2.15. The number of hydrogen-bond acceptors (Lipinski definition) is 5. The number of rotatable bonds is 7. The van der Waals surface area contributed by atoms with Crippen molar-refractivity contribution in [1.82, 2.24) is 4.98 Å². The summed E-state index contributed by atoms with van der Waals surface area (Å²) < 4.78 is 16.2. The number of amides is 1. The van der Waals surface area contributed by atoms with Crippen LogP contribution in [-0.4, -0.2) is 24.6 Å². The smallest absolute Gasteiger partial charge is 0.262 e. The van der Waals surface area contributed by atoms with Crippen LogP contribution in [0.1, 0.15) is 0 Å². The molecule has 6 heteroatoms. The van der Waals surface area contributed by atoms with Gasteiger partial charge in [0.2, 0.25) is 5.88 Å². The molecule has 0 saturated heterocycles. The molecule has 6 nitrogen and oxygen atoms in total. The molecule has 0 spiro atoms. The molecule has 0 aliphatic rings. The molecule has 0 aliphatic heterocycles. The summed E-state index contributed by atoms with van der Waals surface area (Å²) in [5, 5.41) is 2.76. The number of ether oxygens (including phenoxy) is 3. The van der Waals surface area contributed by atoms with E-state index in [0.717, 1.165) is 5.75 Å². The number of nitrogens with one attached hydrogen (secondary N) is 1. The van der Waals surface area contributed by atoms with Crippen LogP contribution in [0, 0.1) is 0 Å². The van der Waals surface area contributed by atoms with Gasteiger partial charge in [0.15, 0.2) is 6.61 Å². The van der Waals surface area contributed by atoms with Crippen molar-refractivity contribution in [2.24, 2.45) is 0 Å². The van der Waals surface area contributed by atoms with Crippen LogP contribution in [-0.2, 0) is 4.79 Å². The summed E-state index contributed by atoms with van der Waals surface area (Å²) in [5.74, 6) is 2.21. The van der Waals surface area contributed by atoms with E-state index in [0.29, 0.717) is 23.1 Å². The topological polar surface area (TPSA) is 69.7 Å². The van der Waals surface area contributed by atoms with Crippen molar-refractivity contribution in [1.29, 1.82) is 0 Å². The number of aromatic nitrogens is 1. The normalized spacial score (nSPS) is 10.0. The van der Waals surface area contributed by atoms with Gasteiger partial charge in [-0.3, -0.25) is 4.79 Å². The molecular formula is C20H18N2O4. The Hall–Kier alpha value is -3.54. The van der Waals surface area contributed by atoms with Crippen molar-refractivity contribution < 1.29 is 19.0 Å². The zero-order valence-corrected chi connectivity index (χ0v) is 14.2. The lowest BCUT2D eigenvalue weighted by molar-refractivity contribution is -0.118. The van der Waals surface area contributed by atoms with Crippen LogP contribution in [0.4, 0.5) is 5.69 Å². The highest BCUT2D eigenvalue weighted by Gasteiger charge is 2.05. The van der Waals surface area contributed by atoms with Gasteiger partial charge in [-0.2, -0.15) is 0 Å². The first-order valence-corrected chi connectivity index (χ1v) is 7.98. The highest BCUT2D eigenvalue weighted by molar-refractivity contribution is 5.91. The molecule has 0 radical (unpaired) electrons. The quantitative estimate of drug-likeness (QED) is 0.700. The van der Waals surface area contributed by atoms with Crippen LogP contribution in [0.25, 0.3) is 0 Å².